The summed E-state index contributed by atoms with van der Waals surface area (Å²) in [7, 11) is 0. The van der Waals surface area contributed by atoms with Gasteiger partial charge >= 0.3 is 6.09 Å². The summed E-state index contributed by atoms with van der Waals surface area (Å²) in [6.07, 6.45) is 7.64. The van der Waals surface area contributed by atoms with Gasteiger partial charge in [-0.05, 0) is 72.1 Å². The van der Waals surface area contributed by atoms with E-state index in [1.807, 2.05) is 25.7 Å². The van der Waals surface area contributed by atoms with Gasteiger partial charge in [-0.2, -0.15) is 0 Å². The average molecular weight is 325 g/mol. The standard InChI is InChI=1S/C19H36N2O2/c1-14(16-9-6-7-10-16)20-15(2)17-11-8-12-21(13-17)18(22)23-19(3,4)5/h14-17,20H,6-13H2,1-5H3/t14-,15?,17?/m0/s1. The first-order valence-corrected chi connectivity index (χ1v) is 9.50. The Morgan fingerprint density at radius 1 is 1.04 bits per heavy atom. The minimum absolute atomic E-state index is 0.154. The van der Waals surface area contributed by atoms with Crippen LogP contribution in [0, 0.1) is 11.8 Å². The molecular weight excluding hydrogens is 288 g/mol. The van der Waals surface area contributed by atoms with Crippen LogP contribution < -0.4 is 5.32 Å². The van der Waals surface area contributed by atoms with Gasteiger partial charge in [0.25, 0.3) is 0 Å². The van der Waals surface area contributed by atoms with Gasteiger partial charge in [-0.1, -0.05) is 12.8 Å². The molecular formula is C19H36N2O2. The summed E-state index contributed by atoms with van der Waals surface area (Å²) >= 11 is 0. The Morgan fingerprint density at radius 2 is 1.61 bits per heavy atom. The van der Waals surface area contributed by atoms with Crippen LogP contribution in [0.2, 0.25) is 0 Å². The Kier molecular flexibility index (Phi) is 6.35. The molecule has 0 bridgehead atoms. The van der Waals surface area contributed by atoms with E-state index in [0.717, 1.165) is 25.4 Å². The number of rotatable bonds is 4. The quantitative estimate of drug-likeness (QED) is 0.843. The van der Waals surface area contributed by atoms with Crippen LogP contribution in [-0.4, -0.2) is 41.8 Å². The van der Waals surface area contributed by atoms with Crippen molar-refractivity contribution in [3.8, 4) is 0 Å². The Balaban J connectivity index is 1.83. The Bertz CT molecular complexity index is 385. The van der Waals surface area contributed by atoms with Crippen LogP contribution in [0.25, 0.3) is 0 Å². The van der Waals surface area contributed by atoms with E-state index in [-0.39, 0.29) is 6.09 Å². The van der Waals surface area contributed by atoms with Gasteiger partial charge in [0.05, 0.1) is 0 Å². The molecule has 1 saturated heterocycles. The fourth-order valence-electron chi connectivity index (χ4n) is 4.05. The number of nitrogens with one attached hydrogen (secondary N) is 1. The first-order chi connectivity index (χ1) is 10.8. The lowest BCUT2D eigenvalue weighted by Gasteiger charge is -2.38. The lowest BCUT2D eigenvalue weighted by molar-refractivity contribution is 0.0145. The summed E-state index contributed by atoms with van der Waals surface area (Å²) < 4.78 is 5.53. The summed E-state index contributed by atoms with van der Waals surface area (Å²) in [5.74, 6) is 1.36. The minimum Gasteiger partial charge on any atom is -0.444 e. The molecule has 0 aromatic heterocycles. The third-order valence-electron chi connectivity index (χ3n) is 5.45. The molecule has 0 aromatic rings. The van der Waals surface area contributed by atoms with Crippen LogP contribution in [0.15, 0.2) is 0 Å². The van der Waals surface area contributed by atoms with Gasteiger partial charge in [-0.25, -0.2) is 4.79 Å². The van der Waals surface area contributed by atoms with Gasteiger partial charge < -0.3 is 15.0 Å². The number of hydrogen-bond acceptors (Lipinski definition) is 3. The number of carbonyl (C=O) groups excluding carboxylic acids is 1. The molecule has 3 atom stereocenters. The molecule has 23 heavy (non-hydrogen) atoms. The second kappa shape index (κ2) is 7.87. The third kappa shape index (κ3) is 5.66. The largest absolute Gasteiger partial charge is 0.444 e. The van der Waals surface area contributed by atoms with Crippen molar-refractivity contribution < 1.29 is 9.53 Å². The van der Waals surface area contributed by atoms with E-state index in [4.69, 9.17) is 4.74 Å². The second-order valence-corrected chi connectivity index (χ2v) is 8.62. The van der Waals surface area contributed by atoms with Gasteiger partial charge in [0, 0.05) is 25.2 Å². The Morgan fingerprint density at radius 3 is 2.22 bits per heavy atom. The van der Waals surface area contributed by atoms with E-state index in [2.05, 4.69) is 19.2 Å². The van der Waals surface area contributed by atoms with Gasteiger partial charge in [0.1, 0.15) is 5.60 Å². The van der Waals surface area contributed by atoms with E-state index in [9.17, 15) is 4.79 Å². The molecule has 1 aliphatic heterocycles. The van der Waals surface area contributed by atoms with Crippen molar-refractivity contribution in [1.29, 1.82) is 0 Å². The third-order valence-corrected chi connectivity index (χ3v) is 5.45. The highest BCUT2D eigenvalue weighted by atomic mass is 16.6. The van der Waals surface area contributed by atoms with Crippen molar-refractivity contribution in [3.63, 3.8) is 0 Å². The summed E-state index contributed by atoms with van der Waals surface area (Å²) in [5, 5.41) is 3.82. The molecule has 0 spiro atoms. The van der Waals surface area contributed by atoms with E-state index >= 15 is 0 Å². The number of carbonyl (C=O) groups is 1. The molecule has 1 aliphatic carbocycles. The lowest BCUT2D eigenvalue weighted by Crippen LogP contribution is -2.50. The molecule has 0 aromatic carbocycles. The first-order valence-electron chi connectivity index (χ1n) is 9.50. The molecule has 2 rings (SSSR count). The summed E-state index contributed by atoms with van der Waals surface area (Å²) in [4.78, 5) is 14.2. The topological polar surface area (TPSA) is 41.6 Å². The van der Waals surface area contributed by atoms with Crippen LogP contribution in [0.1, 0.15) is 73.1 Å². The fourth-order valence-corrected chi connectivity index (χ4v) is 4.05. The molecule has 2 unspecified atom stereocenters. The van der Waals surface area contributed by atoms with Crippen LogP contribution in [0.5, 0.6) is 0 Å². The Labute approximate surface area is 142 Å². The van der Waals surface area contributed by atoms with Crippen molar-refractivity contribution in [2.24, 2.45) is 11.8 Å². The molecule has 1 amide bonds. The Hall–Kier alpha value is -0.770. The number of piperidine rings is 1. The van der Waals surface area contributed by atoms with Gasteiger partial charge in [-0.3, -0.25) is 0 Å². The second-order valence-electron chi connectivity index (χ2n) is 8.62. The summed E-state index contributed by atoms with van der Waals surface area (Å²) in [6, 6.07) is 1.04. The normalized spacial score (nSPS) is 26.1. The fraction of sp³-hybridized carbons (Fsp3) is 0.947. The molecule has 1 heterocycles. The average Bonchev–Trinajstić information content (AvgIpc) is 3.00. The van der Waals surface area contributed by atoms with Crippen molar-refractivity contribution in [2.75, 3.05) is 13.1 Å². The monoisotopic (exact) mass is 324 g/mol. The van der Waals surface area contributed by atoms with Crippen LogP contribution in [0.3, 0.4) is 0 Å². The maximum absolute atomic E-state index is 12.3. The molecule has 4 heteroatoms. The van der Waals surface area contributed by atoms with Gasteiger partial charge in [0.15, 0.2) is 0 Å². The van der Waals surface area contributed by atoms with E-state index in [1.165, 1.54) is 32.1 Å². The molecule has 4 nitrogen and oxygen atoms in total. The van der Waals surface area contributed by atoms with Crippen LogP contribution in [-0.2, 0) is 4.74 Å². The van der Waals surface area contributed by atoms with Gasteiger partial charge in [0.2, 0.25) is 0 Å². The predicted octanol–water partition coefficient (Wildman–Crippen LogP) is 4.19. The highest BCUT2D eigenvalue weighted by molar-refractivity contribution is 5.68. The highest BCUT2D eigenvalue weighted by Crippen LogP contribution is 2.29. The molecule has 0 radical (unpaired) electrons. The predicted molar refractivity (Wildman–Crippen MR) is 94.5 cm³/mol. The van der Waals surface area contributed by atoms with E-state index < -0.39 is 5.60 Å². The SMILES string of the molecule is CC(N[C@@H](C)C1CCCC1)C1CCCN(C(=O)OC(C)(C)C)C1. The zero-order chi connectivity index (χ0) is 17.0. The first kappa shape index (κ1) is 18.6. The number of amides is 1. The molecule has 2 fully saturated rings. The smallest absolute Gasteiger partial charge is 0.410 e. The number of likely N-dealkylation sites (tertiary alicyclic amines) is 1. The zero-order valence-corrected chi connectivity index (χ0v) is 15.7. The zero-order valence-electron chi connectivity index (χ0n) is 15.7. The maximum Gasteiger partial charge on any atom is 0.410 e. The van der Waals surface area contributed by atoms with Crippen molar-refractivity contribution >= 4 is 6.09 Å². The molecule has 2 aliphatic rings. The van der Waals surface area contributed by atoms with Crippen LogP contribution >= 0.6 is 0 Å². The maximum atomic E-state index is 12.3. The lowest BCUT2D eigenvalue weighted by atomic mass is 9.90. The van der Waals surface area contributed by atoms with Crippen molar-refractivity contribution in [3.05, 3.63) is 0 Å². The number of ether oxygens (including phenoxy) is 1. The van der Waals surface area contributed by atoms with E-state index in [0.29, 0.717) is 18.0 Å². The number of nitrogens with zero attached hydrogens (tertiary/aromatic N) is 1. The van der Waals surface area contributed by atoms with Crippen LogP contribution in [0.4, 0.5) is 4.79 Å². The van der Waals surface area contributed by atoms with Crippen molar-refractivity contribution in [2.45, 2.75) is 90.8 Å². The summed E-state index contributed by atoms with van der Waals surface area (Å²) in [5.41, 5.74) is -0.412. The highest BCUT2D eigenvalue weighted by Gasteiger charge is 2.31. The molecule has 1 N–H and O–H groups in total. The van der Waals surface area contributed by atoms with Crippen molar-refractivity contribution in [1.82, 2.24) is 10.2 Å². The molecule has 134 valence electrons. The van der Waals surface area contributed by atoms with Gasteiger partial charge in [-0.15, -0.1) is 0 Å². The van der Waals surface area contributed by atoms with E-state index in [1.54, 1.807) is 0 Å². The molecule has 1 saturated carbocycles. The minimum atomic E-state index is -0.412. The number of hydrogen-bond donors (Lipinski definition) is 1. The summed E-state index contributed by atoms with van der Waals surface area (Å²) in [6.45, 7) is 12.1.